The summed E-state index contributed by atoms with van der Waals surface area (Å²) in [6.07, 6.45) is -0.706. The van der Waals surface area contributed by atoms with Crippen LogP contribution in [0.4, 0.5) is 0 Å². The first-order chi connectivity index (χ1) is 5.65. The largest absolute Gasteiger partial charge is 0.363 e. The van der Waals surface area contributed by atoms with E-state index in [1.165, 1.54) is 17.7 Å². The molecule has 3 nitrogen and oxygen atoms in total. The van der Waals surface area contributed by atoms with Crippen LogP contribution < -0.4 is 4.57 Å². The first kappa shape index (κ1) is 9.64. The average Bonchev–Trinajstić information content (AvgIpc) is 2.36. The quantitative estimate of drug-likeness (QED) is 0.557. The van der Waals surface area contributed by atoms with E-state index in [9.17, 15) is 5.11 Å². The van der Waals surface area contributed by atoms with E-state index in [2.05, 4.69) is 6.92 Å². The van der Waals surface area contributed by atoms with Crippen LogP contribution in [0, 0.1) is 13.8 Å². The van der Waals surface area contributed by atoms with E-state index in [1.807, 2.05) is 17.0 Å². The minimum Gasteiger partial charge on any atom is -0.363 e. The van der Waals surface area contributed by atoms with E-state index in [1.54, 1.807) is 11.3 Å². The van der Waals surface area contributed by atoms with Gasteiger partial charge in [0.25, 0.3) is 0 Å². The molecule has 0 aliphatic heterocycles. The normalized spacial score (nSPS) is 13.3. The molecule has 1 unspecified atom stereocenters. The van der Waals surface area contributed by atoms with E-state index >= 15 is 0 Å². The van der Waals surface area contributed by atoms with Crippen LogP contribution in [0.1, 0.15) is 10.6 Å². The molecule has 1 aromatic rings. The highest BCUT2D eigenvalue weighted by Crippen LogP contribution is 2.07. The Hall–Kier alpha value is -0.450. The molecular weight excluding hydrogens is 174 g/mol. The van der Waals surface area contributed by atoms with Crippen LogP contribution >= 0.6 is 11.3 Å². The molecule has 1 rings (SSSR count). The summed E-state index contributed by atoms with van der Waals surface area (Å²) in [5.41, 5.74) is 3.18. The highest BCUT2D eigenvalue weighted by Gasteiger charge is 2.15. The molecule has 68 valence electrons. The molecule has 0 radical (unpaired) electrons. The van der Waals surface area contributed by atoms with Gasteiger partial charge in [-0.25, -0.2) is 0 Å². The van der Waals surface area contributed by atoms with Crippen LogP contribution in [0.25, 0.3) is 0 Å². The third-order valence-electron chi connectivity index (χ3n) is 1.92. The molecule has 0 fully saturated rings. The van der Waals surface area contributed by atoms with E-state index in [0.717, 1.165) is 0 Å². The van der Waals surface area contributed by atoms with E-state index in [-0.39, 0.29) is 0 Å². The first-order valence-corrected chi connectivity index (χ1v) is 4.68. The molecule has 1 aromatic heterocycles. The van der Waals surface area contributed by atoms with E-state index < -0.39 is 6.29 Å². The maximum atomic E-state index is 9.21. The van der Waals surface area contributed by atoms with E-state index in [0.29, 0.717) is 6.54 Å². The maximum Gasteiger partial charge on any atom is 0.225 e. The summed E-state index contributed by atoms with van der Waals surface area (Å²) in [6, 6.07) is 0. The van der Waals surface area contributed by atoms with Crippen molar-refractivity contribution in [1.29, 1.82) is 0 Å². The van der Waals surface area contributed by atoms with Crippen LogP contribution in [0.3, 0.4) is 0 Å². The van der Waals surface area contributed by atoms with Crippen molar-refractivity contribution in [3.8, 4) is 0 Å². The molecular formula is C8H14NO2S+. The summed E-state index contributed by atoms with van der Waals surface area (Å²) >= 11 is 1.68. The number of aromatic nitrogens is 1. The lowest BCUT2D eigenvalue weighted by atomic mass is 10.4. The number of rotatable bonds is 3. The first-order valence-electron chi connectivity index (χ1n) is 3.80. The number of thiazole rings is 1. The molecule has 1 heterocycles. The van der Waals surface area contributed by atoms with Gasteiger partial charge < -0.3 is 9.84 Å². The number of aliphatic hydroxyl groups excluding tert-OH is 1. The lowest BCUT2D eigenvalue weighted by Gasteiger charge is -2.02. The molecule has 1 atom stereocenters. The summed E-state index contributed by atoms with van der Waals surface area (Å²) in [5, 5.41) is 9.21. The standard InChI is InChI=1S/C8H14NO2S/c1-6-7(2)12-5-9(6)4-8(10)11-3/h5,8,10H,4H2,1-3H3/q+1. The lowest BCUT2D eigenvalue weighted by molar-refractivity contribution is -0.711. The number of hydrogen-bond acceptors (Lipinski definition) is 3. The summed E-state index contributed by atoms with van der Waals surface area (Å²) in [5.74, 6) is 0. The Morgan fingerprint density at radius 1 is 1.67 bits per heavy atom. The fourth-order valence-electron chi connectivity index (χ4n) is 0.932. The van der Waals surface area contributed by atoms with Gasteiger partial charge in [-0.05, 0) is 6.92 Å². The van der Waals surface area contributed by atoms with Crippen LogP contribution in [0.2, 0.25) is 0 Å². The summed E-state index contributed by atoms with van der Waals surface area (Å²) in [7, 11) is 1.50. The number of aliphatic hydroxyl groups is 1. The molecule has 0 aromatic carbocycles. The van der Waals surface area contributed by atoms with E-state index in [4.69, 9.17) is 4.74 Å². The number of ether oxygens (including phenoxy) is 1. The van der Waals surface area contributed by atoms with Crippen molar-refractivity contribution in [1.82, 2.24) is 0 Å². The van der Waals surface area contributed by atoms with Gasteiger partial charge >= 0.3 is 0 Å². The monoisotopic (exact) mass is 188 g/mol. The van der Waals surface area contributed by atoms with Crippen molar-refractivity contribution in [3.63, 3.8) is 0 Å². The predicted octanol–water partition coefficient (Wildman–Crippen LogP) is 0.617. The summed E-state index contributed by atoms with van der Waals surface area (Å²) in [6.45, 7) is 4.61. The van der Waals surface area contributed by atoms with Gasteiger partial charge in [-0.1, -0.05) is 11.3 Å². The molecule has 0 spiro atoms. The molecule has 4 heteroatoms. The molecule has 0 saturated heterocycles. The second-order valence-corrected chi connectivity index (χ2v) is 3.77. The predicted molar refractivity (Wildman–Crippen MR) is 47.0 cm³/mol. The van der Waals surface area contributed by atoms with Gasteiger partial charge in [0.1, 0.15) is 0 Å². The third kappa shape index (κ3) is 2.03. The molecule has 0 bridgehead atoms. The van der Waals surface area contributed by atoms with Gasteiger partial charge in [-0.2, -0.15) is 4.57 Å². The fraction of sp³-hybridized carbons (Fsp3) is 0.625. The smallest absolute Gasteiger partial charge is 0.225 e. The Kier molecular flexibility index (Phi) is 3.20. The van der Waals surface area contributed by atoms with Crippen LogP contribution in [-0.2, 0) is 11.3 Å². The Morgan fingerprint density at radius 3 is 2.75 bits per heavy atom. The van der Waals surface area contributed by atoms with Gasteiger partial charge in [0, 0.05) is 14.0 Å². The lowest BCUT2D eigenvalue weighted by Crippen LogP contribution is -2.41. The summed E-state index contributed by atoms with van der Waals surface area (Å²) < 4.78 is 6.75. The highest BCUT2D eigenvalue weighted by molar-refractivity contribution is 7.09. The topological polar surface area (TPSA) is 33.3 Å². The Balaban J connectivity index is 2.69. The molecule has 0 saturated carbocycles. The van der Waals surface area contributed by atoms with Crippen LogP contribution in [0.15, 0.2) is 5.51 Å². The number of nitrogens with zero attached hydrogens (tertiary/aromatic N) is 1. The van der Waals surface area contributed by atoms with Crippen molar-refractivity contribution in [2.45, 2.75) is 26.7 Å². The van der Waals surface area contributed by atoms with Gasteiger partial charge in [0.05, 0.1) is 4.88 Å². The van der Waals surface area contributed by atoms with Crippen molar-refractivity contribution in [2.24, 2.45) is 0 Å². The minimum absolute atomic E-state index is 0.507. The van der Waals surface area contributed by atoms with Crippen molar-refractivity contribution >= 4 is 11.3 Å². The Labute approximate surface area is 76.2 Å². The molecule has 12 heavy (non-hydrogen) atoms. The van der Waals surface area contributed by atoms with Crippen LogP contribution in [-0.4, -0.2) is 18.5 Å². The molecule has 0 amide bonds. The molecule has 1 N–H and O–H groups in total. The number of hydrogen-bond donors (Lipinski definition) is 1. The number of methoxy groups -OCH3 is 1. The summed E-state index contributed by atoms with van der Waals surface area (Å²) in [4.78, 5) is 1.28. The Morgan fingerprint density at radius 2 is 2.33 bits per heavy atom. The zero-order valence-electron chi connectivity index (χ0n) is 7.57. The highest BCUT2D eigenvalue weighted by atomic mass is 32.1. The van der Waals surface area contributed by atoms with Crippen molar-refractivity contribution in [2.75, 3.05) is 7.11 Å². The average molecular weight is 188 g/mol. The van der Waals surface area contributed by atoms with Crippen molar-refractivity contribution < 1.29 is 14.4 Å². The number of aryl methyl sites for hydroxylation is 1. The van der Waals surface area contributed by atoms with Gasteiger partial charge in [0.2, 0.25) is 11.8 Å². The van der Waals surface area contributed by atoms with Crippen molar-refractivity contribution in [3.05, 3.63) is 16.1 Å². The SMILES string of the molecule is COC(O)C[n+]1csc(C)c1C. The molecule has 0 aliphatic rings. The van der Waals surface area contributed by atoms with Gasteiger partial charge in [-0.3, -0.25) is 0 Å². The third-order valence-corrected chi connectivity index (χ3v) is 2.93. The van der Waals surface area contributed by atoms with Gasteiger partial charge in [0.15, 0.2) is 12.2 Å². The minimum atomic E-state index is -0.706. The Bertz CT molecular complexity index is 260. The fourth-order valence-corrected chi connectivity index (χ4v) is 1.75. The maximum absolute atomic E-state index is 9.21. The second kappa shape index (κ2) is 3.98. The second-order valence-electron chi connectivity index (χ2n) is 2.71. The van der Waals surface area contributed by atoms with Crippen LogP contribution in [0.5, 0.6) is 0 Å². The molecule has 0 aliphatic carbocycles. The van der Waals surface area contributed by atoms with Gasteiger partial charge in [-0.15, -0.1) is 0 Å². The zero-order chi connectivity index (χ0) is 9.14. The zero-order valence-corrected chi connectivity index (χ0v) is 8.39.